The molecule has 0 aliphatic heterocycles. The number of aryl methyl sites for hydroxylation is 2. The average Bonchev–Trinajstić information content (AvgIpc) is 3.25. The molecule has 1 aromatic heterocycles. The van der Waals surface area contributed by atoms with E-state index >= 15 is 0 Å². The van der Waals surface area contributed by atoms with E-state index in [0.717, 1.165) is 11.1 Å². The summed E-state index contributed by atoms with van der Waals surface area (Å²) < 4.78 is 22.5. The topological polar surface area (TPSA) is 118 Å². The van der Waals surface area contributed by atoms with Gasteiger partial charge in [0.15, 0.2) is 13.2 Å². The number of aromatic nitrogens is 2. The van der Waals surface area contributed by atoms with Crippen LogP contribution in [0.25, 0.3) is 0 Å². The summed E-state index contributed by atoms with van der Waals surface area (Å²) in [5.74, 6) is -0.479. The lowest BCUT2D eigenvalue weighted by Crippen LogP contribution is -2.25. The molecule has 0 unspecified atom stereocenters. The van der Waals surface area contributed by atoms with Crippen molar-refractivity contribution in [3.05, 3.63) is 71.4 Å². The van der Waals surface area contributed by atoms with Crippen LogP contribution in [0, 0.1) is 13.8 Å². The monoisotopic (exact) mass is 495 g/mol. The number of benzene rings is 2. The van der Waals surface area contributed by atoms with Crippen LogP contribution in [0.15, 0.2) is 54.7 Å². The van der Waals surface area contributed by atoms with Crippen molar-refractivity contribution in [1.29, 1.82) is 0 Å². The van der Waals surface area contributed by atoms with Crippen molar-refractivity contribution in [2.24, 2.45) is 0 Å². The third-order valence-electron chi connectivity index (χ3n) is 4.93. The first-order valence-electron chi connectivity index (χ1n) is 11.4. The highest BCUT2D eigenvalue weighted by Gasteiger charge is 2.21. The first-order valence-corrected chi connectivity index (χ1v) is 11.4. The first kappa shape index (κ1) is 26.3. The van der Waals surface area contributed by atoms with Gasteiger partial charge in [-0.3, -0.25) is 4.79 Å². The fraction of sp³-hybridized carbons (Fsp3) is 0.308. The molecule has 0 saturated carbocycles. The molecule has 1 N–H and O–H groups in total. The highest BCUT2D eigenvalue weighted by molar-refractivity contribution is 6.00. The van der Waals surface area contributed by atoms with Crippen molar-refractivity contribution in [1.82, 2.24) is 9.78 Å². The van der Waals surface area contributed by atoms with Gasteiger partial charge in [0.2, 0.25) is 0 Å². The van der Waals surface area contributed by atoms with Crippen LogP contribution in [0.2, 0.25) is 0 Å². The molecule has 0 atom stereocenters. The van der Waals surface area contributed by atoms with Crippen molar-refractivity contribution in [2.75, 3.05) is 31.7 Å². The zero-order valence-electron chi connectivity index (χ0n) is 20.5. The van der Waals surface area contributed by atoms with Crippen LogP contribution in [0.5, 0.6) is 11.5 Å². The number of amides is 1. The fourth-order valence-electron chi connectivity index (χ4n) is 3.06. The Hall–Kier alpha value is -4.34. The minimum absolute atomic E-state index is 0.0528. The number of esters is 2. The zero-order chi connectivity index (χ0) is 25.9. The number of anilines is 1. The molecule has 2 aromatic carbocycles. The van der Waals surface area contributed by atoms with E-state index in [-0.39, 0.29) is 44.4 Å². The number of nitrogens with one attached hydrogen (secondary N) is 1. The number of carbonyl (C=O) groups excluding carboxylic acids is 3. The van der Waals surface area contributed by atoms with E-state index < -0.39 is 17.8 Å². The van der Waals surface area contributed by atoms with Crippen molar-refractivity contribution in [3.63, 3.8) is 0 Å². The van der Waals surface area contributed by atoms with Gasteiger partial charge >= 0.3 is 11.9 Å². The third-order valence-corrected chi connectivity index (χ3v) is 4.93. The van der Waals surface area contributed by atoms with Gasteiger partial charge < -0.3 is 24.3 Å². The van der Waals surface area contributed by atoms with Crippen LogP contribution in [0.1, 0.15) is 28.4 Å². The lowest BCUT2D eigenvalue weighted by atomic mass is 10.2. The highest BCUT2D eigenvalue weighted by atomic mass is 16.6. The highest BCUT2D eigenvalue weighted by Crippen LogP contribution is 2.18. The number of rotatable bonds is 12. The van der Waals surface area contributed by atoms with Crippen molar-refractivity contribution in [3.8, 4) is 11.5 Å². The second kappa shape index (κ2) is 12.9. The summed E-state index contributed by atoms with van der Waals surface area (Å²) in [6.07, 6.45) is 1.29. The Morgan fingerprint density at radius 1 is 0.861 bits per heavy atom. The van der Waals surface area contributed by atoms with Crippen LogP contribution in [-0.2, 0) is 25.6 Å². The molecular formula is C26H29N3O7. The van der Waals surface area contributed by atoms with Gasteiger partial charge in [-0.2, -0.15) is 5.10 Å². The van der Waals surface area contributed by atoms with Crippen LogP contribution in [0.3, 0.4) is 0 Å². The summed E-state index contributed by atoms with van der Waals surface area (Å²) in [4.78, 5) is 36.9. The van der Waals surface area contributed by atoms with E-state index in [1.54, 1.807) is 31.2 Å². The Bertz CT molecular complexity index is 1170. The maximum Gasteiger partial charge on any atom is 0.344 e. The SMILES string of the molecule is CCOC(=O)c1cnn(CCOC(=O)COc2ccc(C)cc2)c1NC(=O)COc1ccc(C)cc1. The van der Waals surface area contributed by atoms with Gasteiger partial charge in [-0.25, -0.2) is 14.3 Å². The van der Waals surface area contributed by atoms with E-state index in [1.165, 1.54) is 10.9 Å². The van der Waals surface area contributed by atoms with Gasteiger partial charge in [0.1, 0.15) is 29.5 Å². The smallest absolute Gasteiger partial charge is 0.344 e. The number of carbonyl (C=O) groups is 3. The molecule has 1 amide bonds. The summed E-state index contributed by atoms with van der Waals surface area (Å²) in [6, 6.07) is 14.5. The van der Waals surface area contributed by atoms with Gasteiger partial charge in [0, 0.05) is 0 Å². The van der Waals surface area contributed by atoms with Crippen LogP contribution >= 0.6 is 0 Å². The largest absolute Gasteiger partial charge is 0.484 e. The Labute approximate surface area is 209 Å². The van der Waals surface area contributed by atoms with E-state index in [4.69, 9.17) is 18.9 Å². The second-order valence-corrected chi connectivity index (χ2v) is 7.82. The van der Waals surface area contributed by atoms with E-state index in [2.05, 4.69) is 10.4 Å². The molecular weight excluding hydrogens is 466 g/mol. The van der Waals surface area contributed by atoms with Crippen molar-refractivity contribution < 1.29 is 33.3 Å². The van der Waals surface area contributed by atoms with Crippen LogP contribution < -0.4 is 14.8 Å². The fourth-order valence-corrected chi connectivity index (χ4v) is 3.06. The molecule has 190 valence electrons. The lowest BCUT2D eigenvalue weighted by molar-refractivity contribution is -0.146. The molecule has 0 radical (unpaired) electrons. The minimum atomic E-state index is -0.637. The Morgan fingerprint density at radius 2 is 1.44 bits per heavy atom. The normalized spacial score (nSPS) is 10.4. The van der Waals surface area contributed by atoms with E-state index in [0.29, 0.717) is 11.5 Å². The number of hydrogen-bond donors (Lipinski definition) is 1. The lowest BCUT2D eigenvalue weighted by Gasteiger charge is -2.12. The molecule has 1 heterocycles. The summed E-state index contributed by atoms with van der Waals surface area (Å²) >= 11 is 0. The number of nitrogens with zero attached hydrogens (tertiary/aromatic N) is 2. The number of ether oxygens (including phenoxy) is 4. The predicted molar refractivity (Wildman–Crippen MR) is 131 cm³/mol. The summed E-state index contributed by atoms with van der Waals surface area (Å²) in [7, 11) is 0. The molecule has 10 nitrogen and oxygen atoms in total. The van der Waals surface area contributed by atoms with Gasteiger partial charge in [0.05, 0.1) is 19.3 Å². The molecule has 0 bridgehead atoms. The quantitative estimate of drug-likeness (QED) is 0.380. The van der Waals surface area contributed by atoms with Crippen molar-refractivity contribution in [2.45, 2.75) is 27.3 Å². The zero-order valence-corrected chi connectivity index (χ0v) is 20.5. The Balaban J connectivity index is 1.56. The van der Waals surface area contributed by atoms with Gasteiger partial charge in [-0.1, -0.05) is 35.4 Å². The molecule has 0 fully saturated rings. The molecule has 0 spiro atoms. The Kier molecular flexibility index (Phi) is 9.44. The minimum Gasteiger partial charge on any atom is -0.484 e. The summed E-state index contributed by atoms with van der Waals surface area (Å²) in [5.41, 5.74) is 2.22. The maximum atomic E-state index is 12.5. The molecule has 3 rings (SSSR count). The van der Waals surface area contributed by atoms with Gasteiger partial charge in [-0.05, 0) is 45.0 Å². The number of hydrogen-bond acceptors (Lipinski definition) is 8. The first-order chi connectivity index (χ1) is 17.4. The van der Waals surface area contributed by atoms with E-state index in [1.807, 2.05) is 38.1 Å². The molecule has 0 aliphatic carbocycles. The van der Waals surface area contributed by atoms with E-state index in [9.17, 15) is 14.4 Å². The third kappa shape index (κ3) is 7.86. The molecule has 0 saturated heterocycles. The van der Waals surface area contributed by atoms with Crippen molar-refractivity contribution >= 4 is 23.7 Å². The molecule has 36 heavy (non-hydrogen) atoms. The van der Waals surface area contributed by atoms with Crippen LogP contribution in [0.4, 0.5) is 5.82 Å². The predicted octanol–water partition coefficient (Wildman–Crippen LogP) is 3.32. The summed E-state index contributed by atoms with van der Waals surface area (Å²) in [5, 5.41) is 6.78. The maximum absolute atomic E-state index is 12.5. The molecule has 3 aromatic rings. The Morgan fingerprint density at radius 3 is 2.03 bits per heavy atom. The van der Waals surface area contributed by atoms with Gasteiger partial charge in [0.25, 0.3) is 5.91 Å². The second-order valence-electron chi connectivity index (χ2n) is 7.82. The average molecular weight is 496 g/mol. The standard InChI is InChI=1S/C26H29N3O7/c1-4-33-26(32)22-15-27-29(13-14-34-24(31)17-36-21-11-7-19(3)8-12-21)25(22)28-23(30)16-35-20-9-5-18(2)6-10-20/h5-12,15H,4,13-14,16-17H2,1-3H3,(H,28,30). The van der Waals surface area contributed by atoms with Gasteiger partial charge in [-0.15, -0.1) is 0 Å². The van der Waals surface area contributed by atoms with Crippen LogP contribution in [-0.4, -0.2) is 54.1 Å². The molecule has 0 aliphatic rings. The summed E-state index contributed by atoms with van der Waals surface area (Å²) in [6.45, 7) is 5.24. The molecule has 10 heteroatoms.